The van der Waals surface area contributed by atoms with Crippen molar-refractivity contribution in [2.75, 3.05) is 38.2 Å². The number of anilines is 2. The van der Waals surface area contributed by atoms with Crippen LogP contribution in [-0.4, -0.2) is 53.8 Å². The van der Waals surface area contributed by atoms with Crippen molar-refractivity contribution in [3.8, 4) is 17.3 Å². The van der Waals surface area contributed by atoms with E-state index in [1.54, 1.807) is 6.20 Å². The Labute approximate surface area is 195 Å². The largest absolute Gasteiger partial charge is 0.379 e. The fourth-order valence-corrected chi connectivity index (χ4v) is 3.91. The maximum Gasteiger partial charge on any atom is 0.227 e. The van der Waals surface area contributed by atoms with E-state index >= 15 is 0 Å². The molecular weight excluding hydrogens is 412 g/mol. The van der Waals surface area contributed by atoms with Gasteiger partial charge in [-0.2, -0.15) is 5.26 Å². The second kappa shape index (κ2) is 11.0. The summed E-state index contributed by atoms with van der Waals surface area (Å²) in [5, 5.41) is 12.8. The van der Waals surface area contributed by atoms with Gasteiger partial charge in [0, 0.05) is 36.9 Å². The Bertz CT molecular complexity index is 1080. The molecule has 0 bridgehead atoms. The van der Waals surface area contributed by atoms with Crippen molar-refractivity contribution in [3.63, 3.8) is 0 Å². The van der Waals surface area contributed by atoms with Crippen LogP contribution in [0.3, 0.4) is 0 Å². The van der Waals surface area contributed by atoms with E-state index in [1.165, 1.54) is 5.56 Å². The van der Waals surface area contributed by atoms with Crippen LogP contribution in [0.1, 0.15) is 23.6 Å². The van der Waals surface area contributed by atoms with Gasteiger partial charge in [0.2, 0.25) is 5.95 Å². The Hall–Kier alpha value is -3.31. The second-order valence-electron chi connectivity index (χ2n) is 8.47. The lowest BCUT2D eigenvalue weighted by atomic mass is 10.0. The van der Waals surface area contributed by atoms with Crippen LogP contribution in [0.5, 0.6) is 0 Å². The third-order valence-corrected chi connectivity index (χ3v) is 5.72. The average Bonchev–Trinajstić information content (AvgIpc) is 2.84. The summed E-state index contributed by atoms with van der Waals surface area (Å²) < 4.78 is 5.41. The lowest BCUT2D eigenvalue weighted by Gasteiger charge is -2.26. The van der Waals surface area contributed by atoms with E-state index in [2.05, 4.69) is 38.4 Å². The maximum atomic E-state index is 9.53. The fraction of sp³-hybridized carbons (Fsp3) is 0.346. The van der Waals surface area contributed by atoms with Crippen LogP contribution in [0.2, 0.25) is 0 Å². The molecule has 170 valence electrons. The van der Waals surface area contributed by atoms with Crippen molar-refractivity contribution < 1.29 is 4.74 Å². The summed E-state index contributed by atoms with van der Waals surface area (Å²) >= 11 is 0. The molecule has 1 aromatic heterocycles. The Balaban J connectivity index is 1.43. The van der Waals surface area contributed by atoms with E-state index in [9.17, 15) is 5.26 Å². The van der Waals surface area contributed by atoms with Gasteiger partial charge in [0.05, 0.1) is 30.7 Å². The highest BCUT2D eigenvalue weighted by molar-refractivity contribution is 5.68. The number of nitrogens with one attached hydrogen (secondary N) is 1. The van der Waals surface area contributed by atoms with Gasteiger partial charge in [0.1, 0.15) is 6.07 Å². The molecule has 1 unspecified atom stereocenters. The topological polar surface area (TPSA) is 100 Å². The fourth-order valence-electron chi connectivity index (χ4n) is 3.91. The monoisotopic (exact) mass is 442 g/mol. The zero-order valence-corrected chi connectivity index (χ0v) is 19.0. The molecule has 0 amide bonds. The van der Waals surface area contributed by atoms with Crippen molar-refractivity contribution in [2.24, 2.45) is 5.73 Å². The molecular formula is C26H30N6O. The average molecular weight is 443 g/mol. The minimum atomic E-state index is 0.103. The van der Waals surface area contributed by atoms with Crippen molar-refractivity contribution in [1.82, 2.24) is 14.9 Å². The molecule has 33 heavy (non-hydrogen) atoms. The van der Waals surface area contributed by atoms with Crippen molar-refractivity contribution >= 4 is 11.6 Å². The predicted molar refractivity (Wildman–Crippen MR) is 130 cm³/mol. The molecule has 2 aromatic carbocycles. The number of morpholine rings is 1. The van der Waals surface area contributed by atoms with Crippen molar-refractivity contribution in [3.05, 3.63) is 71.4 Å². The molecule has 0 radical (unpaired) electrons. The summed E-state index contributed by atoms with van der Waals surface area (Å²) in [6, 6.07) is 18.7. The van der Waals surface area contributed by atoms with Crippen molar-refractivity contribution in [2.45, 2.75) is 25.8 Å². The number of hydrogen-bond acceptors (Lipinski definition) is 7. The minimum absolute atomic E-state index is 0.103. The third-order valence-electron chi connectivity index (χ3n) is 5.72. The van der Waals surface area contributed by atoms with Crippen LogP contribution in [0.15, 0.2) is 54.7 Å². The predicted octanol–water partition coefficient (Wildman–Crippen LogP) is 3.52. The van der Waals surface area contributed by atoms with Crippen LogP contribution in [0, 0.1) is 11.3 Å². The van der Waals surface area contributed by atoms with E-state index in [0.717, 1.165) is 62.5 Å². The number of hydrogen-bond donors (Lipinski definition) is 2. The first-order chi connectivity index (χ1) is 16.1. The molecule has 3 N–H and O–H groups in total. The Morgan fingerprint density at radius 3 is 2.45 bits per heavy atom. The first-order valence-electron chi connectivity index (χ1n) is 11.4. The van der Waals surface area contributed by atoms with Gasteiger partial charge in [0.15, 0.2) is 0 Å². The molecule has 3 aromatic rings. The highest BCUT2D eigenvalue weighted by Gasteiger charge is 2.12. The van der Waals surface area contributed by atoms with E-state index in [0.29, 0.717) is 17.2 Å². The lowest BCUT2D eigenvalue weighted by Crippen LogP contribution is -2.37. The Kier molecular flexibility index (Phi) is 7.63. The van der Waals surface area contributed by atoms with E-state index < -0.39 is 0 Å². The number of nitrogens with two attached hydrogens (primary N) is 1. The minimum Gasteiger partial charge on any atom is -0.379 e. The van der Waals surface area contributed by atoms with Crippen LogP contribution in [-0.2, 0) is 17.6 Å². The maximum absolute atomic E-state index is 9.53. The van der Waals surface area contributed by atoms with Crippen LogP contribution in [0.25, 0.3) is 11.3 Å². The highest BCUT2D eigenvalue weighted by atomic mass is 16.5. The SMILES string of the molecule is CC(N)Cc1ccc(-c2nc(Nc3ccc(CCN4CCOCC4)cc3)ncc2C#N)cc1. The number of nitriles is 1. The quantitative estimate of drug-likeness (QED) is 0.550. The molecule has 1 fully saturated rings. The summed E-state index contributed by atoms with van der Waals surface area (Å²) in [6.07, 6.45) is 3.39. The zero-order chi connectivity index (χ0) is 23.0. The number of ether oxygens (including phenoxy) is 1. The van der Waals surface area contributed by atoms with Gasteiger partial charge < -0.3 is 15.8 Å². The summed E-state index contributed by atoms with van der Waals surface area (Å²) in [7, 11) is 0. The lowest BCUT2D eigenvalue weighted by molar-refractivity contribution is 0.0384. The van der Waals surface area contributed by atoms with Crippen LogP contribution in [0.4, 0.5) is 11.6 Å². The van der Waals surface area contributed by atoms with Gasteiger partial charge in [0.25, 0.3) is 0 Å². The normalized spacial score (nSPS) is 15.1. The number of benzene rings is 2. The highest BCUT2D eigenvalue weighted by Crippen LogP contribution is 2.24. The zero-order valence-electron chi connectivity index (χ0n) is 19.0. The Morgan fingerprint density at radius 2 is 1.79 bits per heavy atom. The van der Waals surface area contributed by atoms with E-state index in [1.807, 2.05) is 43.3 Å². The van der Waals surface area contributed by atoms with Crippen molar-refractivity contribution in [1.29, 1.82) is 5.26 Å². The van der Waals surface area contributed by atoms with Gasteiger partial charge in [-0.25, -0.2) is 9.97 Å². The van der Waals surface area contributed by atoms with Gasteiger partial charge in [-0.3, -0.25) is 4.90 Å². The molecule has 1 atom stereocenters. The summed E-state index contributed by atoms with van der Waals surface area (Å²) in [4.78, 5) is 11.4. The smallest absolute Gasteiger partial charge is 0.227 e. The second-order valence-corrected chi connectivity index (χ2v) is 8.47. The number of rotatable bonds is 8. The molecule has 0 spiro atoms. The van der Waals surface area contributed by atoms with Gasteiger partial charge in [-0.05, 0) is 43.0 Å². The Morgan fingerprint density at radius 1 is 1.09 bits per heavy atom. The van der Waals surface area contributed by atoms with Crippen LogP contribution >= 0.6 is 0 Å². The molecule has 7 heteroatoms. The molecule has 0 aliphatic carbocycles. The van der Waals surface area contributed by atoms with Gasteiger partial charge >= 0.3 is 0 Å². The third kappa shape index (κ3) is 6.36. The molecule has 1 aliphatic heterocycles. The van der Waals surface area contributed by atoms with Crippen LogP contribution < -0.4 is 11.1 Å². The number of aromatic nitrogens is 2. The van der Waals surface area contributed by atoms with E-state index in [4.69, 9.17) is 10.5 Å². The number of nitrogens with zero attached hydrogens (tertiary/aromatic N) is 4. The summed E-state index contributed by atoms with van der Waals surface area (Å²) in [5.41, 5.74) is 11.2. The standard InChI is InChI=1S/C26H30N6O/c1-19(28)16-21-2-6-22(7-3-21)25-23(17-27)18-29-26(31-25)30-24-8-4-20(5-9-24)10-11-32-12-14-33-15-13-32/h2-9,18-19H,10-16,28H2,1H3,(H,29,30,31). The van der Waals surface area contributed by atoms with Gasteiger partial charge in [-0.1, -0.05) is 36.4 Å². The molecule has 0 saturated carbocycles. The molecule has 2 heterocycles. The summed E-state index contributed by atoms with van der Waals surface area (Å²) in [6.45, 7) is 6.70. The van der Waals surface area contributed by atoms with Gasteiger partial charge in [-0.15, -0.1) is 0 Å². The first kappa shape index (κ1) is 22.9. The molecule has 4 rings (SSSR count). The molecule has 7 nitrogen and oxygen atoms in total. The summed E-state index contributed by atoms with van der Waals surface area (Å²) in [5.74, 6) is 0.463. The first-order valence-corrected chi connectivity index (χ1v) is 11.4. The van der Waals surface area contributed by atoms with E-state index in [-0.39, 0.29) is 6.04 Å². The molecule has 1 saturated heterocycles. The molecule has 1 aliphatic rings.